The maximum Gasteiger partial charge on any atom is 0.303 e. The van der Waals surface area contributed by atoms with Gasteiger partial charge in [-0.15, -0.1) is 11.8 Å². The highest BCUT2D eigenvalue weighted by Crippen LogP contribution is 2.36. The first kappa shape index (κ1) is 13.9. The van der Waals surface area contributed by atoms with E-state index in [1.165, 1.54) is 11.8 Å². The van der Waals surface area contributed by atoms with E-state index < -0.39 is 5.97 Å². The maximum absolute atomic E-state index is 11.4. The van der Waals surface area contributed by atoms with Crippen LogP contribution in [0, 0.1) is 0 Å². The molecule has 1 aromatic carbocycles. The fraction of sp³-hybridized carbons (Fsp3) is 0.429. The number of rotatable bonds is 4. The molecule has 0 radical (unpaired) electrons. The molecule has 0 fully saturated rings. The number of carboxylic acid groups (broad SMARTS) is 1. The summed E-state index contributed by atoms with van der Waals surface area (Å²) in [6, 6.07) is 5.98. The molecule has 0 unspecified atom stereocenters. The Morgan fingerprint density at radius 1 is 1.47 bits per heavy atom. The van der Waals surface area contributed by atoms with Crippen molar-refractivity contribution in [1.29, 1.82) is 0 Å². The van der Waals surface area contributed by atoms with Crippen molar-refractivity contribution in [2.75, 3.05) is 11.1 Å². The Morgan fingerprint density at radius 2 is 2.21 bits per heavy atom. The number of nitrogens with one attached hydrogen (secondary N) is 1. The van der Waals surface area contributed by atoms with Crippen LogP contribution in [-0.4, -0.2) is 22.7 Å². The van der Waals surface area contributed by atoms with E-state index in [2.05, 4.69) is 5.32 Å². The number of amides is 1. The van der Waals surface area contributed by atoms with E-state index in [0.29, 0.717) is 12.2 Å². The fourth-order valence-corrected chi connectivity index (χ4v) is 2.86. The zero-order chi connectivity index (χ0) is 14.0. The molecule has 0 spiro atoms. The summed E-state index contributed by atoms with van der Waals surface area (Å²) in [6.45, 7) is 4.05. The van der Waals surface area contributed by atoms with Gasteiger partial charge in [-0.1, -0.05) is 19.9 Å². The van der Waals surface area contributed by atoms with Crippen molar-refractivity contribution in [3.8, 4) is 0 Å². The number of carboxylic acids is 1. The van der Waals surface area contributed by atoms with Gasteiger partial charge in [-0.05, 0) is 29.5 Å². The lowest BCUT2D eigenvalue weighted by Crippen LogP contribution is -2.22. The molecule has 1 aromatic rings. The predicted octanol–water partition coefficient (Wildman–Crippen LogP) is 2.87. The lowest BCUT2D eigenvalue weighted by molar-refractivity contribution is -0.137. The summed E-state index contributed by atoms with van der Waals surface area (Å²) >= 11 is 1.53. The number of fused-ring (bicyclic) bond motifs is 1. The van der Waals surface area contributed by atoms with Crippen LogP contribution in [0.4, 0.5) is 5.69 Å². The predicted molar refractivity (Wildman–Crippen MR) is 75.7 cm³/mol. The highest BCUT2D eigenvalue weighted by molar-refractivity contribution is 8.00. The highest BCUT2D eigenvalue weighted by atomic mass is 32.2. The maximum atomic E-state index is 11.4. The molecule has 1 aliphatic heterocycles. The molecule has 0 saturated carbocycles. The Morgan fingerprint density at radius 3 is 2.89 bits per heavy atom. The average molecular weight is 279 g/mol. The standard InChI is InChI=1S/C14H17NO3S/c1-14(2,6-5-13(17)18)9-3-4-11-10(7-9)15-12(16)8-19-11/h3-4,7H,5-6,8H2,1-2H3,(H,15,16)(H,17,18). The van der Waals surface area contributed by atoms with Gasteiger partial charge in [-0.25, -0.2) is 0 Å². The number of aliphatic carboxylic acids is 1. The molecular formula is C14H17NO3S. The van der Waals surface area contributed by atoms with Crippen LogP contribution in [-0.2, 0) is 15.0 Å². The van der Waals surface area contributed by atoms with E-state index in [0.717, 1.165) is 16.1 Å². The van der Waals surface area contributed by atoms with Crippen molar-refractivity contribution in [2.45, 2.75) is 37.0 Å². The Labute approximate surface area is 116 Å². The molecule has 0 aromatic heterocycles. The topological polar surface area (TPSA) is 66.4 Å². The molecule has 102 valence electrons. The highest BCUT2D eigenvalue weighted by Gasteiger charge is 2.24. The fourth-order valence-electron chi connectivity index (χ4n) is 2.07. The van der Waals surface area contributed by atoms with Gasteiger partial charge in [0, 0.05) is 11.3 Å². The molecule has 0 saturated heterocycles. The van der Waals surface area contributed by atoms with Crippen LogP contribution < -0.4 is 5.32 Å². The molecule has 5 heteroatoms. The number of hydrogen-bond donors (Lipinski definition) is 2. The van der Waals surface area contributed by atoms with E-state index in [4.69, 9.17) is 5.11 Å². The van der Waals surface area contributed by atoms with E-state index in [-0.39, 0.29) is 17.7 Å². The molecule has 0 bridgehead atoms. The summed E-state index contributed by atoms with van der Waals surface area (Å²) in [5, 5.41) is 11.7. The molecule has 19 heavy (non-hydrogen) atoms. The van der Waals surface area contributed by atoms with Gasteiger partial charge in [0.05, 0.1) is 11.4 Å². The first-order valence-corrected chi connectivity index (χ1v) is 7.16. The second kappa shape index (κ2) is 5.25. The first-order chi connectivity index (χ1) is 8.88. The van der Waals surface area contributed by atoms with Crippen LogP contribution in [0.3, 0.4) is 0 Å². The normalized spacial score (nSPS) is 14.7. The first-order valence-electron chi connectivity index (χ1n) is 6.17. The Bertz CT molecular complexity index is 525. The van der Waals surface area contributed by atoms with Gasteiger partial charge in [0.1, 0.15) is 0 Å². The van der Waals surface area contributed by atoms with Crippen LogP contribution in [0.5, 0.6) is 0 Å². The molecule has 1 aliphatic rings. The minimum Gasteiger partial charge on any atom is -0.481 e. The van der Waals surface area contributed by atoms with Gasteiger partial charge in [0.2, 0.25) is 5.91 Å². The summed E-state index contributed by atoms with van der Waals surface area (Å²) in [6.07, 6.45) is 0.716. The quantitative estimate of drug-likeness (QED) is 0.889. The average Bonchev–Trinajstić information content (AvgIpc) is 2.35. The summed E-state index contributed by atoms with van der Waals surface area (Å²) in [7, 11) is 0. The van der Waals surface area contributed by atoms with Crippen molar-refractivity contribution in [1.82, 2.24) is 0 Å². The number of hydrogen-bond acceptors (Lipinski definition) is 3. The van der Waals surface area contributed by atoms with Gasteiger partial charge in [-0.2, -0.15) is 0 Å². The van der Waals surface area contributed by atoms with Crippen LogP contribution in [0.1, 0.15) is 32.3 Å². The molecule has 4 nitrogen and oxygen atoms in total. The van der Waals surface area contributed by atoms with Crippen molar-refractivity contribution in [2.24, 2.45) is 0 Å². The third-order valence-corrected chi connectivity index (χ3v) is 4.43. The van der Waals surface area contributed by atoms with Crippen molar-refractivity contribution in [3.63, 3.8) is 0 Å². The van der Waals surface area contributed by atoms with E-state index in [1.807, 2.05) is 32.0 Å². The monoisotopic (exact) mass is 279 g/mol. The molecule has 0 aliphatic carbocycles. The van der Waals surface area contributed by atoms with Gasteiger partial charge in [-0.3, -0.25) is 9.59 Å². The van der Waals surface area contributed by atoms with Crippen molar-refractivity contribution >= 4 is 29.3 Å². The summed E-state index contributed by atoms with van der Waals surface area (Å²) < 4.78 is 0. The molecule has 1 heterocycles. The third-order valence-electron chi connectivity index (χ3n) is 3.36. The number of benzene rings is 1. The molecule has 2 N–H and O–H groups in total. The zero-order valence-electron chi connectivity index (χ0n) is 11.0. The molecule has 1 amide bonds. The van der Waals surface area contributed by atoms with E-state index in [9.17, 15) is 9.59 Å². The Kier molecular flexibility index (Phi) is 3.85. The SMILES string of the molecule is CC(C)(CCC(=O)O)c1ccc2c(c1)NC(=O)CS2. The lowest BCUT2D eigenvalue weighted by Gasteiger charge is -2.27. The second-order valence-corrected chi connectivity index (χ2v) is 6.34. The van der Waals surface area contributed by atoms with E-state index in [1.54, 1.807) is 0 Å². The number of thioether (sulfide) groups is 1. The summed E-state index contributed by atoms with van der Waals surface area (Å²) in [5.74, 6) is -0.317. The number of carbonyl (C=O) groups is 2. The van der Waals surface area contributed by atoms with Crippen LogP contribution >= 0.6 is 11.8 Å². The Hall–Kier alpha value is -1.49. The summed E-state index contributed by atoms with van der Waals surface area (Å²) in [4.78, 5) is 23.2. The van der Waals surface area contributed by atoms with Crippen LogP contribution in [0.15, 0.2) is 23.1 Å². The van der Waals surface area contributed by atoms with Gasteiger partial charge in [0.25, 0.3) is 0 Å². The zero-order valence-corrected chi connectivity index (χ0v) is 11.8. The molecular weight excluding hydrogens is 262 g/mol. The number of carbonyl (C=O) groups excluding carboxylic acids is 1. The minimum absolute atomic E-state index is 0.0120. The Balaban J connectivity index is 2.23. The van der Waals surface area contributed by atoms with Gasteiger partial charge >= 0.3 is 5.97 Å². The van der Waals surface area contributed by atoms with Crippen molar-refractivity contribution < 1.29 is 14.7 Å². The van der Waals surface area contributed by atoms with Gasteiger partial charge in [0.15, 0.2) is 0 Å². The largest absolute Gasteiger partial charge is 0.481 e. The van der Waals surface area contributed by atoms with Crippen LogP contribution in [0.2, 0.25) is 0 Å². The summed E-state index contributed by atoms with van der Waals surface area (Å²) in [5.41, 5.74) is 1.66. The van der Waals surface area contributed by atoms with Crippen LogP contribution in [0.25, 0.3) is 0 Å². The number of anilines is 1. The second-order valence-electron chi connectivity index (χ2n) is 5.33. The van der Waals surface area contributed by atoms with Crippen molar-refractivity contribution in [3.05, 3.63) is 23.8 Å². The molecule has 0 atom stereocenters. The lowest BCUT2D eigenvalue weighted by atomic mass is 9.80. The smallest absolute Gasteiger partial charge is 0.303 e. The van der Waals surface area contributed by atoms with E-state index >= 15 is 0 Å². The minimum atomic E-state index is -0.783. The molecule has 2 rings (SSSR count). The van der Waals surface area contributed by atoms with Gasteiger partial charge < -0.3 is 10.4 Å². The third kappa shape index (κ3) is 3.29.